The Morgan fingerprint density at radius 2 is 2.28 bits per heavy atom. The number of aliphatic hydroxyl groups is 1. The number of aliphatic hydroxyl groups excluding tert-OH is 1. The molecule has 7 heteroatoms. The van der Waals surface area contributed by atoms with Crippen LogP contribution in [0.1, 0.15) is 19.6 Å². The van der Waals surface area contributed by atoms with Gasteiger partial charge >= 0.3 is 5.69 Å². The second-order valence-electron chi connectivity index (χ2n) is 3.88. The van der Waals surface area contributed by atoms with Crippen molar-refractivity contribution in [2.45, 2.75) is 25.7 Å². The first-order valence-corrected chi connectivity index (χ1v) is 5.84. The van der Waals surface area contributed by atoms with Crippen molar-refractivity contribution in [1.82, 2.24) is 14.9 Å². The van der Waals surface area contributed by atoms with Gasteiger partial charge < -0.3 is 15.2 Å². The summed E-state index contributed by atoms with van der Waals surface area (Å²) in [6.45, 7) is 2.23. The molecule has 3 N–H and O–H groups in total. The minimum absolute atomic E-state index is 0.119. The predicted molar refractivity (Wildman–Crippen MR) is 66.5 cm³/mol. The normalized spacial score (nSPS) is 14.4. The van der Waals surface area contributed by atoms with E-state index in [4.69, 9.17) is 4.74 Å². The number of nitrogens with one attached hydrogen (secondary N) is 2. The van der Waals surface area contributed by atoms with Gasteiger partial charge in [-0.05, 0) is 13.5 Å². The predicted octanol–water partition coefficient (Wildman–Crippen LogP) is -0.958. The fourth-order valence-corrected chi connectivity index (χ4v) is 1.59. The molecule has 0 saturated heterocycles. The highest BCUT2D eigenvalue weighted by atomic mass is 16.5. The lowest BCUT2D eigenvalue weighted by molar-refractivity contribution is -0.0819. The van der Waals surface area contributed by atoms with Crippen molar-refractivity contribution in [2.24, 2.45) is 0 Å². The van der Waals surface area contributed by atoms with Crippen molar-refractivity contribution in [1.29, 1.82) is 0 Å². The van der Waals surface area contributed by atoms with Gasteiger partial charge in [-0.25, -0.2) is 4.79 Å². The smallest absolute Gasteiger partial charge is 0.330 e. The average molecular weight is 257 g/mol. The number of aromatic nitrogens is 2. The molecule has 102 valence electrons. The van der Waals surface area contributed by atoms with E-state index in [1.165, 1.54) is 16.8 Å². The molecule has 0 aliphatic rings. The van der Waals surface area contributed by atoms with Crippen molar-refractivity contribution in [3.63, 3.8) is 0 Å². The second kappa shape index (κ2) is 7.10. The number of nitrogens with zero attached hydrogens (tertiary/aromatic N) is 1. The summed E-state index contributed by atoms with van der Waals surface area (Å²) < 4.78 is 6.79. The Labute approximate surface area is 104 Å². The number of rotatable bonds is 7. The number of likely N-dealkylation sites (N-methyl/N-ethyl adjacent to an activating group) is 1. The first-order chi connectivity index (χ1) is 8.62. The van der Waals surface area contributed by atoms with Crippen LogP contribution in [0.5, 0.6) is 0 Å². The summed E-state index contributed by atoms with van der Waals surface area (Å²) in [4.78, 5) is 24.6. The molecular weight excluding hydrogens is 238 g/mol. The Morgan fingerprint density at radius 1 is 1.56 bits per heavy atom. The van der Waals surface area contributed by atoms with Gasteiger partial charge in [0.05, 0.1) is 12.7 Å². The van der Waals surface area contributed by atoms with E-state index in [0.29, 0.717) is 6.54 Å². The molecule has 0 radical (unpaired) electrons. The van der Waals surface area contributed by atoms with Crippen LogP contribution in [0.3, 0.4) is 0 Å². The summed E-state index contributed by atoms with van der Waals surface area (Å²) in [6, 6.07) is 1.21. The van der Waals surface area contributed by atoms with Gasteiger partial charge in [0.15, 0.2) is 6.23 Å². The molecule has 2 atom stereocenters. The summed E-state index contributed by atoms with van der Waals surface area (Å²) >= 11 is 0. The van der Waals surface area contributed by atoms with Crippen LogP contribution in [0, 0.1) is 0 Å². The molecule has 0 saturated carbocycles. The maximum Gasteiger partial charge on any atom is 0.330 e. The summed E-state index contributed by atoms with van der Waals surface area (Å²) in [5, 5.41) is 12.3. The minimum Gasteiger partial charge on any atom is -0.392 e. The molecule has 18 heavy (non-hydrogen) atoms. The zero-order chi connectivity index (χ0) is 13.5. The molecule has 1 aromatic rings. The Hall–Kier alpha value is -1.44. The van der Waals surface area contributed by atoms with Crippen LogP contribution >= 0.6 is 0 Å². The zero-order valence-electron chi connectivity index (χ0n) is 10.5. The van der Waals surface area contributed by atoms with E-state index in [-0.39, 0.29) is 12.7 Å². The van der Waals surface area contributed by atoms with E-state index in [0.717, 1.165) is 6.42 Å². The molecule has 1 heterocycles. The molecule has 0 aliphatic heterocycles. The quantitative estimate of drug-likeness (QED) is 0.585. The van der Waals surface area contributed by atoms with Crippen LogP contribution in [0.4, 0.5) is 0 Å². The fourth-order valence-electron chi connectivity index (χ4n) is 1.59. The topological polar surface area (TPSA) is 96.3 Å². The van der Waals surface area contributed by atoms with Crippen LogP contribution in [0.25, 0.3) is 0 Å². The van der Waals surface area contributed by atoms with Gasteiger partial charge in [-0.2, -0.15) is 0 Å². The van der Waals surface area contributed by atoms with E-state index in [1.807, 2.05) is 6.92 Å². The van der Waals surface area contributed by atoms with Crippen molar-refractivity contribution in [3.05, 3.63) is 33.1 Å². The molecule has 0 fully saturated rings. The van der Waals surface area contributed by atoms with Crippen molar-refractivity contribution in [3.8, 4) is 0 Å². The van der Waals surface area contributed by atoms with Gasteiger partial charge in [-0.1, -0.05) is 6.92 Å². The molecule has 1 rings (SSSR count). The third-order valence-electron chi connectivity index (χ3n) is 2.55. The molecule has 0 bridgehead atoms. The highest BCUT2D eigenvalue weighted by Crippen LogP contribution is 2.09. The third-order valence-corrected chi connectivity index (χ3v) is 2.55. The lowest BCUT2D eigenvalue weighted by Gasteiger charge is -2.23. The molecule has 0 amide bonds. The molecule has 2 unspecified atom stereocenters. The van der Waals surface area contributed by atoms with E-state index in [9.17, 15) is 14.7 Å². The molecule has 0 aliphatic carbocycles. The average Bonchev–Trinajstić information content (AvgIpc) is 2.35. The lowest BCUT2D eigenvalue weighted by Crippen LogP contribution is -2.37. The van der Waals surface area contributed by atoms with Crippen LogP contribution < -0.4 is 16.6 Å². The summed E-state index contributed by atoms with van der Waals surface area (Å²) in [5.41, 5.74) is -1.07. The van der Waals surface area contributed by atoms with E-state index < -0.39 is 17.5 Å². The molecule has 0 spiro atoms. The van der Waals surface area contributed by atoms with Gasteiger partial charge in [-0.15, -0.1) is 0 Å². The fraction of sp³-hybridized carbons (Fsp3) is 0.636. The van der Waals surface area contributed by atoms with Gasteiger partial charge in [0, 0.05) is 18.8 Å². The van der Waals surface area contributed by atoms with Crippen molar-refractivity contribution in [2.75, 3.05) is 20.2 Å². The van der Waals surface area contributed by atoms with Crippen molar-refractivity contribution < 1.29 is 9.84 Å². The highest BCUT2D eigenvalue weighted by Gasteiger charge is 2.17. The number of H-pyrrole nitrogens is 1. The summed E-state index contributed by atoms with van der Waals surface area (Å²) in [5.74, 6) is 0. The first kappa shape index (κ1) is 14.6. The van der Waals surface area contributed by atoms with Crippen LogP contribution in [-0.2, 0) is 4.74 Å². The number of hydrogen-bond donors (Lipinski definition) is 3. The third kappa shape index (κ3) is 3.80. The summed E-state index contributed by atoms with van der Waals surface area (Å²) in [6.07, 6.45) is 1.14. The van der Waals surface area contributed by atoms with Gasteiger partial charge in [0.25, 0.3) is 5.56 Å². The Balaban J connectivity index is 2.88. The van der Waals surface area contributed by atoms with Crippen LogP contribution in [0.2, 0.25) is 0 Å². The van der Waals surface area contributed by atoms with Crippen molar-refractivity contribution >= 4 is 0 Å². The molecular formula is C11H19N3O4. The molecule has 0 aromatic carbocycles. The maximum absolute atomic E-state index is 11.6. The Kier molecular flexibility index (Phi) is 5.76. The van der Waals surface area contributed by atoms with Crippen LogP contribution in [-0.4, -0.2) is 41.0 Å². The van der Waals surface area contributed by atoms with E-state index in [1.54, 1.807) is 7.05 Å². The largest absolute Gasteiger partial charge is 0.392 e. The standard InChI is InChI=1S/C11H19N3O4/c1-3-8(6-12-2)18-10(7-15)14-5-4-9(16)13-11(14)17/h4-5,8,10,12,15H,3,6-7H2,1-2H3,(H,13,16,17). The van der Waals surface area contributed by atoms with Gasteiger partial charge in [-0.3, -0.25) is 14.3 Å². The Morgan fingerprint density at radius 3 is 2.78 bits per heavy atom. The SMILES string of the molecule is CCC(CNC)OC(CO)n1ccc(=O)[nH]c1=O. The van der Waals surface area contributed by atoms with Gasteiger partial charge in [0.1, 0.15) is 0 Å². The first-order valence-electron chi connectivity index (χ1n) is 5.84. The summed E-state index contributed by atoms with van der Waals surface area (Å²) in [7, 11) is 1.80. The maximum atomic E-state index is 11.6. The minimum atomic E-state index is -0.798. The van der Waals surface area contributed by atoms with Gasteiger partial charge in [0.2, 0.25) is 0 Å². The second-order valence-corrected chi connectivity index (χ2v) is 3.88. The zero-order valence-corrected chi connectivity index (χ0v) is 10.5. The monoisotopic (exact) mass is 257 g/mol. The molecule has 7 nitrogen and oxygen atoms in total. The Bertz CT molecular complexity index is 468. The van der Waals surface area contributed by atoms with Crippen LogP contribution in [0.15, 0.2) is 21.9 Å². The highest BCUT2D eigenvalue weighted by molar-refractivity contribution is 4.84. The molecule has 1 aromatic heterocycles. The lowest BCUT2D eigenvalue weighted by atomic mass is 10.3. The van der Waals surface area contributed by atoms with E-state index in [2.05, 4.69) is 10.3 Å². The number of hydrogen-bond acceptors (Lipinski definition) is 5. The number of aromatic amines is 1. The number of ether oxygens (including phenoxy) is 1. The van der Waals surface area contributed by atoms with E-state index >= 15 is 0 Å².